The van der Waals surface area contributed by atoms with Gasteiger partial charge in [-0.15, -0.1) is 23.1 Å². The Morgan fingerprint density at radius 1 is 1.20 bits per heavy atom. The van der Waals surface area contributed by atoms with Crippen molar-refractivity contribution in [3.63, 3.8) is 0 Å². The second-order valence-electron chi connectivity index (χ2n) is 6.79. The highest BCUT2D eigenvalue weighted by atomic mass is 32.2. The van der Waals surface area contributed by atoms with E-state index in [-0.39, 0.29) is 5.41 Å². The molecule has 2 nitrogen and oxygen atoms in total. The fourth-order valence-corrected chi connectivity index (χ4v) is 5.18. The number of thioether (sulfide) groups is 1. The van der Waals surface area contributed by atoms with Gasteiger partial charge < -0.3 is 4.90 Å². The molecule has 3 aromatic rings. The molecule has 126 valence electrons. The largest absolute Gasteiger partial charge is 0.368 e. The average molecular weight is 365 g/mol. The lowest BCUT2D eigenvalue weighted by atomic mass is 9.83. The standard InChI is InChI=1S/C21H20N2S2/c1-3-24-16-8-9-18(23-13-21(2,12-22)14-23)17(11-16)20-10-15-6-4-5-7-19(15)25-20/h4-11H,3,13-14H2,1-2H3. The van der Waals surface area contributed by atoms with Crippen molar-refractivity contribution in [1.82, 2.24) is 0 Å². The van der Waals surface area contributed by atoms with Gasteiger partial charge in [0.25, 0.3) is 0 Å². The lowest BCUT2D eigenvalue weighted by molar-refractivity contribution is 0.337. The quantitative estimate of drug-likeness (QED) is 0.529. The van der Waals surface area contributed by atoms with Gasteiger partial charge in [-0.05, 0) is 48.4 Å². The summed E-state index contributed by atoms with van der Waals surface area (Å²) in [5.41, 5.74) is 2.33. The van der Waals surface area contributed by atoms with Gasteiger partial charge in [-0.3, -0.25) is 0 Å². The summed E-state index contributed by atoms with van der Waals surface area (Å²) in [6.45, 7) is 5.85. The van der Waals surface area contributed by atoms with Crippen LogP contribution in [0.4, 0.5) is 5.69 Å². The summed E-state index contributed by atoms with van der Waals surface area (Å²) < 4.78 is 1.32. The van der Waals surface area contributed by atoms with E-state index in [1.807, 2.05) is 30.0 Å². The molecular weight excluding hydrogens is 344 g/mol. The lowest BCUT2D eigenvalue weighted by Crippen LogP contribution is -2.54. The first-order valence-electron chi connectivity index (χ1n) is 8.54. The third-order valence-electron chi connectivity index (χ3n) is 4.66. The number of hydrogen-bond acceptors (Lipinski definition) is 4. The van der Waals surface area contributed by atoms with Crippen LogP contribution in [0, 0.1) is 16.7 Å². The molecule has 1 fully saturated rings. The molecule has 2 heterocycles. The van der Waals surface area contributed by atoms with E-state index >= 15 is 0 Å². The Hall–Kier alpha value is -1.96. The zero-order valence-electron chi connectivity index (χ0n) is 14.5. The molecule has 1 aliphatic rings. The fourth-order valence-electron chi connectivity index (χ4n) is 3.40. The summed E-state index contributed by atoms with van der Waals surface area (Å²) in [4.78, 5) is 4.95. The summed E-state index contributed by atoms with van der Waals surface area (Å²) in [5.74, 6) is 1.07. The molecule has 0 aliphatic carbocycles. The van der Waals surface area contributed by atoms with Crippen molar-refractivity contribution >= 4 is 38.9 Å². The zero-order chi connectivity index (χ0) is 17.4. The van der Waals surface area contributed by atoms with E-state index in [1.165, 1.54) is 31.1 Å². The SMILES string of the molecule is CCSc1ccc(N2CC(C)(C#N)C2)c(-c2cc3ccccc3s2)c1. The van der Waals surface area contributed by atoms with Crippen LogP contribution in [0.25, 0.3) is 20.5 Å². The molecule has 0 N–H and O–H groups in total. The van der Waals surface area contributed by atoms with Crippen LogP contribution in [-0.4, -0.2) is 18.8 Å². The van der Waals surface area contributed by atoms with E-state index < -0.39 is 0 Å². The maximum absolute atomic E-state index is 9.33. The number of benzene rings is 2. The number of hydrogen-bond donors (Lipinski definition) is 0. The van der Waals surface area contributed by atoms with Gasteiger partial charge in [0.05, 0.1) is 11.5 Å². The molecule has 0 spiro atoms. The van der Waals surface area contributed by atoms with Gasteiger partial charge in [0.15, 0.2) is 0 Å². The van der Waals surface area contributed by atoms with Crippen molar-refractivity contribution in [1.29, 1.82) is 5.26 Å². The van der Waals surface area contributed by atoms with Crippen LogP contribution >= 0.6 is 23.1 Å². The van der Waals surface area contributed by atoms with Crippen molar-refractivity contribution in [2.45, 2.75) is 18.7 Å². The molecule has 0 radical (unpaired) electrons. The number of nitriles is 1. The summed E-state index contributed by atoms with van der Waals surface area (Å²) in [5, 5.41) is 10.6. The van der Waals surface area contributed by atoms with Crippen molar-refractivity contribution < 1.29 is 0 Å². The van der Waals surface area contributed by atoms with E-state index in [4.69, 9.17) is 0 Å². The van der Waals surface area contributed by atoms with Crippen LogP contribution in [0.15, 0.2) is 53.4 Å². The maximum atomic E-state index is 9.33. The number of nitrogens with zero attached hydrogens (tertiary/aromatic N) is 2. The normalized spacial score (nSPS) is 15.8. The predicted molar refractivity (Wildman–Crippen MR) is 110 cm³/mol. The monoisotopic (exact) mass is 364 g/mol. The number of fused-ring (bicyclic) bond motifs is 1. The predicted octanol–water partition coefficient (Wildman–Crippen LogP) is 6.03. The highest BCUT2D eigenvalue weighted by Gasteiger charge is 2.39. The van der Waals surface area contributed by atoms with Crippen molar-refractivity contribution in [3.05, 3.63) is 48.5 Å². The molecule has 0 atom stereocenters. The zero-order valence-corrected chi connectivity index (χ0v) is 16.1. The maximum Gasteiger partial charge on any atom is 0.0894 e. The van der Waals surface area contributed by atoms with Gasteiger partial charge in [-0.25, -0.2) is 0 Å². The molecule has 1 aliphatic heterocycles. The number of thiophene rings is 1. The molecule has 0 saturated carbocycles. The van der Waals surface area contributed by atoms with Crippen LogP contribution in [0.3, 0.4) is 0 Å². The van der Waals surface area contributed by atoms with Crippen LogP contribution in [-0.2, 0) is 0 Å². The number of anilines is 1. The van der Waals surface area contributed by atoms with Crippen LogP contribution in [0.2, 0.25) is 0 Å². The summed E-state index contributed by atoms with van der Waals surface area (Å²) in [6.07, 6.45) is 0. The third-order valence-corrected chi connectivity index (χ3v) is 6.69. The van der Waals surface area contributed by atoms with E-state index in [9.17, 15) is 5.26 Å². The fraction of sp³-hybridized carbons (Fsp3) is 0.286. The molecule has 25 heavy (non-hydrogen) atoms. The van der Waals surface area contributed by atoms with Gasteiger partial charge in [0.2, 0.25) is 0 Å². The molecule has 4 rings (SSSR count). The molecule has 1 saturated heterocycles. The highest BCUT2D eigenvalue weighted by Crippen LogP contribution is 2.44. The van der Waals surface area contributed by atoms with Crippen molar-refractivity contribution in [3.8, 4) is 16.5 Å². The van der Waals surface area contributed by atoms with Gasteiger partial charge >= 0.3 is 0 Å². The average Bonchev–Trinajstić information content (AvgIpc) is 3.03. The minimum atomic E-state index is -0.214. The second-order valence-corrected chi connectivity index (χ2v) is 9.21. The first-order valence-corrected chi connectivity index (χ1v) is 10.3. The van der Waals surface area contributed by atoms with Crippen molar-refractivity contribution in [2.75, 3.05) is 23.7 Å². The van der Waals surface area contributed by atoms with Gasteiger partial charge in [-0.2, -0.15) is 5.26 Å². The Kier molecular flexibility index (Phi) is 4.23. The topological polar surface area (TPSA) is 27.0 Å². The molecule has 0 unspecified atom stereocenters. The Morgan fingerprint density at radius 3 is 2.72 bits per heavy atom. The lowest BCUT2D eigenvalue weighted by Gasteiger charge is -2.45. The smallest absolute Gasteiger partial charge is 0.0894 e. The van der Waals surface area contributed by atoms with E-state index in [0.29, 0.717) is 0 Å². The number of rotatable bonds is 4. The first-order chi connectivity index (χ1) is 12.1. The van der Waals surface area contributed by atoms with Gasteiger partial charge in [-0.1, -0.05) is 25.1 Å². The molecule has 4 heteroatoms. The van der Waals surface area contributed by atoms with Gasteiger partial charge in [0, 0.05) is 38.8 Å². The van der Waals surface area contributed by atoms with Crippen molar-refractivity contribution in [2.24, 2.45) is 5.41 Å². The summed E-state index contributed by atoms with van der Waals surface area (Å²) in [6, 6.07) is 20.1. The third kappa shape index (κ3) is 3.03. The molecule has 2 aromatic carbocycles. The Labute approximate surface area is 157 Å². The van der Waals surface area contributed by atoms with E-state index in [2.05, 4.69) is 66.4 Å². The first kappa shape index (κ1) is 16.5. The molecular formula is C21H20N2S2. The minimum Gasteiger partial charge on any atom is -0.368 e. The summed E-state index contributed by atoms with van der Waals surface area (Å²) >= 11 is 3.72. The summed E-state index contributed by atoms with van der Waals surface area (Å²) in [7, 11) is 0. The van der Waals surface area contributed by atoms with E-state index in [0.717, 1.165) is 18.8 Å². The Balaban J connectivity index is 1.78. The molecule has 1 aromatic heterocycles. The van der Waals surface area contributed by atoms with Crippen LogP contribution < -0.4 is 4.90 Å². The molecule has 0 bridgehead atoms. The van der Waals surface area contributed by atoms with E-state index in [1.54, 1.807) is 0 Å². The Morgan fingerprint density at radius 2 is 2.00 bits per heavy atom. The minimum absolute atomic E-state index is 0.214. The van der Waals surface area contributed by atoms with Gasteiger partial charge in [0.1, 0.15) is 0 Å². The highest BCUT2D eigenvalue weighted by molar-refractivity contribution is 7.99. The van der Waals surface area contributed by atoms with Crippen LogP contribution in [0.1, 0.15) is 13.8 Å². The van der Waals surface area contributed by atoms with Crippen LogP contribution in [0.5, 0.6) is 0 Å². The second kappa shape index (κ2) is 6.40. The Bertz CT molecular complexity index is 928. The molecule has 0 amide bonds.